The molecular formula is C64H40N2S2. The number of rotatable bonds is 5. The van der Waals surface area contributed by atoms with E-state index in [9.17, 15) is 0 Å². The van der Waals surface area contributed by atoms with Crippen LogP contribution in [0.3, 0.4) is 0 Å². The molecule has 2 aliphatic rings. The summed E-state index contributed by atoms with van der Waals surface area (Å²) in [6.07, 6.45) is 0. The Bertz CT molecular complexity index is 3930. The first kappa shape index (κ1) is 39.2. The largest absolute Gasteiger partial charge is 0.308 e. The Morgan fingerprint density at radius 1 is 0.250 bits per heavy atom. The summed E-state index contributed by atoms with van der Waals surface area (Å²) in [4.78, 5) is 9.91. The van der Waals surface area contributed by atoms with Gasteiger partial charge in [0.15, 0.2) is 0 Å². The van der Waals surface area contributed by atoms with Crippen molar-refractivity contribution in [2.45, 2.75) is 19.6 Å². The van der Waals surface area contributed by atoms with Crippen LogP contribution in [-0.4, -0.2) is 0 Å². The van der Waals surface area contributed by atoms with Crippen molar-refractivity contribution in [2.24, 2.45) is 0 Å². The fourth-order valence-electron chi connectivity index (χ4n) is 10.7. The van der Waals surface area contributed by atoms with Gasteiger partial charge in [-0.05, 0) is 161 Å². The second kappa shape index (κ2) is 15.8. The maximum absolute atomic E-state index is 2.47. The monoisotopic (exact) mass is 900 g/mol. The zero-order chi connectivity index (χ0) is 44.7. The molecule has 0 saturated heterocycles. The van der Waals surface area contributed by atoms with E-state index >= 15 is 0 Å². The number of para-hydroxylation sites is 4. The first-order valence-corrected chi connectivity index (χ1v) is 24.8. The van der Waals surface area contributed by atoms with Crippen molar-refractivity contribution >= 4 is 101 Å². The highest BCUT2D eigenvalue weighted by Gasteiger charge is 2.29. The molecule has 318 valence electrons. The number of fused-ring (bicyclic) bond motifs is 8. The molecular weight excluding hydrogens is 861 g/mol. The molecule has 0 aliphatic carbocycles. The molecule has 2 heterocycles. The van der Waals surface area contributed by atoms with Crippen molar-refractivity contribution in [3.63, 3.8) is 0 Å². The van der Waals surface area contributed by atoms with E-state index in [0.717, 1.165) is 11.4 Å². The second-order valence-electron chi connectivity index (χ2n) is 17.6. The maximum atomic E-state index is 2.47. The molecule has 14 rings (SSSR count). The van der Waals surface area contributed by atoms with E-state index in [4.69, 9.17) is 0 Å². The van der Waals surface area contributed by atoms with E-state index < -0.39 is 0 Å². The van der Waals surface area contributed by atoms with Crippen molar-refractivity contribution in [1.82, 2.24) is 0 Å². The number of nitrogens with zero attached hydrogens (tertiary/aromatic N) is 2. The van der Waals surface area contributed by atoms with Crippen molar-refractivity contribution in [2.75, 3.05) is 9.80 Å². The van der Waals surface area contributed by atoms with Gasteiger partial charge in [-0.2, -0.15) is 0 Å². The molecule has 0 bridgehead atoms. The zero-order valence-electron chi connectivity index (χ0n) is 36.8. The van der Waals surface area contributed by atoms with Crippen LogP contribution in [0.1, 0.15) is 0 Å². The van der Waals surface area contributed by atoms with E-state index in [1.54, 1.807) is 0 Å². The lowest BCUT2D eigenvalue weighted by Crippen LogP contribution is -2.15. The van der Waals surface area contributed by atoms with Crippen LogP contribution >= 0.6 is 23.5 Å². The normalized spacial score (nSPS) is 12.8. The van der Waals surface area contributed by atoms with E-state index in [0.29, 0.717) is 0 Å². The highest BCUT2D eigenvalue weighted by Crippen LogP contribution is 2.56. The van der Waals surface area contributed by atoms with Crippen LogP contribution < -0.4 is 9.80 Å². The van der Waals surface area contributed by atoms with Crippen LogP contribution in [0.2, 0.25) is 0 Å². The predicted molar refractivity (Wildman–Crippen MR) is 290 cm³/mol. The van der Waals surface area contributed by atoms with E-state index in [1.165, 1.54) is 119 Å². The van der Waals surface area contributed by atoms with Gasteiger partial charge in [0.2, 0.25) is 0 Å². The molecule has 0 atom stereocenters. The van der Waals surface area contributed by atoms with Gasteiger partial charge in [-0.3, -0.25) is 0 Å². The van der Waals surface area contributed by atoms with Gasteiger partial charge in [-0.1, -0.05) is 181 Å². The molecule has 0 spiro atoms. The van der Waals surface area contributed by atoms with Gasteiger partial charge >= 0.3 is 0 Å². The minimum absolute atomic E-state index is 1.13. The topological polar surface area (TPSA) is 6.48 Å². The fraction of sp³-hybridized carbons (Fsp3) is 0. The molecule has 4 heteroatoms. The summed E-state index contributed by atoms with van der Waals surface area (Å²) in [6, 6.07) is 90.1. The first-order valence-electron chi connectivity index (χ1n) is 23.2. The molecule has 0 saturated carbocycles. The SMILES string of the molecule is c1ccc2c(c1)Sc1ccccc1N2c1ccc2c(-c3ccccc3-c3ccc4ccccc4c3)c3cc(N4c5ccccc5Sc5ccccc54)ccc3c(-c3ccc4ccccc4c3)c2c1. The van der Waals surface area contributed by atoms with Gasteiger partial charge in [0, 0.05) is 31.0 Å². The molecule has 12 aromatic rings. The molecule has 2 aliphatic heterocycles. The molecule has 0 unspecified atom stereocenters. The van der Waals surface area contributed by atoms with Gasteiger partial charge in [-0.25, -0.2) is 0 Å². The lowest BCUT2D eigenvalue weighted by atomic mass is 9.83. The highest BCUT2D eigenvalue weighted by atomic mass is 32.2. The third kappa shape index (κ3) is 6.29. The van der Waals surface area contributed by atoms with Crippen LogP contribution in [0.4, 0.5) is 34.1 Å². The van der Waals surface area contributed by atoms with E-state index in [-0.39, 0.29) is 0 Å². The lowest BCUT2D eigenvalue weighted by molar-refractivity contribution is 1.17. The summed E-state index contributed by atoms with van der Waals surface area (Å²) >= 11 is 3.69. The van der Waals surface area contributed by atoms with Gasteiger partial charge < -0.3 is 9.80 Å². The lowest BCUT2D eigenvalue weighted by Gasteiger charge is -2.34. The van der Waals surface area contributed by atoms with Crippen LogP contribution in [0.5, 0.6) is 0 Å². The summed E-state index contributed by atoms with van der Waals surface area (Å²) < 4.78 is 0. The smallest absolute Gasteiger partial charge is 0.0601 e. The Morgan fingerprint density at radius 2 is 0.632 bits per heavy atom. The Balaban J connectivity index is 1.11. The second-order valence-corrected chi connectivity index (χ2v) is 19.8. The van der Waals surface area contributed by atoms with Crippen molar-refractivity contribution in [1.29, 1.82) is 0 Å². The van der Waals surface area contributed by atoms with E-state index in [2.05, 4.69) is 252 Å². The number of anilines is 6. The highest BCUT2D eigenvalue weighted by molar-refractivity contribution is 8.00. The van der Waals surface area contributed by atoms with Gasteiger partial charge in [-0.15, -0.1) is 0 Å². The molecule has 0 N–H and O–H groups in total. The Labute approximate surface area is 403 Å². The summed E-state index contributed by atoms with van der Waals surface area (Å²) in [7, 11) is 0. The van der Waals surface area contributed by atoms with Crippen LogP contribution in [-0.2, 0) is 0 Å². The molecule has 0 aromatic heterocycles. The number of hydrogen-bond donors (Lipinski definition) is 0. The number of hydrogen-bond acceptors (Lipinski definition) is 4. The van der Waals surface area contributed by atoms with Crippen LogP contribution in [0, 0.1) is 0 Å². The van der Waals surface area contributed by atoms with Gasteiger partial charge in [0.1, 0.15) is 0 Å². The third-order valence-electron chi connectivity index (χ3n) is 13.8. The van der Waals surface area contributed by atoms with E-state index in [1.807, 2.05) is 23.5 Å². The zero-order valence-corrected chi connectivity index (χ0v) is 38.4. The molecule has 2 nitrogen and oxygen atoms in total. The van der Waals surface area contributed by atoms with Gasteiger partial charge in [0.25, 0.3) is 0 Å². The van der Waals surface area contributed by atoms with Crippen molar-refractivity contribution in [3.8, 4) is 33.4 Å². The molecule has 68 heavy (non-hydrogen) atoms. The molecule has 0 amide bonds. The van der Waals surface area contributed by atoms with Crippen LogP contribution in [0.25, 0.3) is 76.5 Å². The quantitative estimate of drug-likeness (QED) is 0.159. The average molecular weight is 901 g/mol. The van der Waals surface area contributed by atoms with Crippen molar-refractivity contribution < 1.29 is 0 Å². The number of benzene rings is 12. The average Bonchev–Trinajstić information content (AvgIpc) is 3.40. The van der Waals surface area contributed by atoms with Crippen molar-refractivity contribution in [3.05, 3.63) is 243 Å². The molecule has 12 aromatic carbocycles. The predicted octanol–water partition coefficient (Wildman–Crippen LogP) is 19.2. The Morgan fingerprint density at radius 3 is 1.15 bits per heavy atom. The first-order chi connectivity index (χ1) is 33.7. The summed E-state index contributed by atoms with van der Waals surface area (Å²) in [6.45, 7) is 0. The van der Waals surface area contributed by atoms with Gasteiger partial charge in [0.05, 0.1) is 22.7 Å². The summed E-state index contributed by atoms with van der Waals surface area (Å²) in [5.74, 6) is 0. The maximum Gasteiger partial charge on any atom is 0.0601 e. The Hall–Kier alpha value is -8.02. The molecule has 0 fully saturated rings. The minimum atomic E-state index is 1.13. The third-order valence-corrected chi connectivity index (χ3v) is 16.0. The standard InChI is InChI=1S/C64H40N2S2/c1-3-17-43-37-45(31-29-41(43)15-1)49-19-5-6-20-50(49)64-52-36-34-47(65-55-21-7-11-25-59(55)67-60-26-12-8-22-56(60)65)39-53(52)63(46-32-30-42-16-2-4-18-44(42)38-46)51-35-33-48(40-54(51)64)66-57-23-9-13-27-61(57)68-62-28-14-10-24-58(62)66/h1-40H. The van der Waals surface area contributed by atoms with Crippen LogP contribution in [0.15, 0.2) is 262 Å². The Kier molecular flexibility index (Phi) is 9.11. The fourth-order valence-corrected chi connectivity index (χ4v) is 12.8. The minimum Gasteiger partial charge on any atom is -0.308 e. The summed E-state index contributed by atoms with van der Waals surface area (Å²) in [5, 5.41) is 9.75. The molecule has 0 radical (unpaired) electrons. The summed E-state index contributed by atoms with van der Waals surface area (Å²) in [5.41, 5.74) is 14.3.